The zero-order valence-electron chi connectivity index (χ0n) is 9.66. The number of hydrogen-bond acceptors (Lipinski definition) is 3. The van der Waals surface area contributed by atoms with E-state index in [-0.39, 0.29) is 11.9 Å². The molecule has 0 bridgehead atoms. The topological polar surface area (TPSA) is 38.3 Å². The van der Waals surface area contributed by atoms with Crippen molar-refractivity contribution < 1.29 is 9.53 Å². The van der Waals surface area contributed by atoms with Gasteiger partial charge in [-0.1, -0.05) is 6.92 Å². The maximum absolute atomic E-state index is 11.2. The molecule has 3 nitrogen and oxygen atoms in total. The summed E-state index contributed by atoms with van der Waals surface area (Å²) in [5, 5.41) is 3.56. The Labute approximate surface area is 91.6 Å². The summed E-state index contributed by atoms with van der Waals surface area (Å²) in [4.78, 5) is 11.2. The molecule has 0 aliphatic heterocycles. The van der Waals surface area contributed by atoms with E-state index in [1.807, 2.05) is 6.92 Å². The van der Waals surface area contributed by atoms with E-state index < -0.39 is 0 Å². The van der Waals surface area contributed by atoms with Crippen LogP contribution in [0.3, 0.4) is 0 Å². The Bertz CT molecular complexity index is 222. The third kappa shape index (κ3) is 2.94. The highest BCUT2D eigenvalue weighted by atomic mass is 16.5. The number of ether oxygens (including phenoxy) is 1. The van der Waals surface area contributed by atoms with Crippen molar-refractivity contribution in [2.45, 2.75) is 38.6 Å². The summed E-state index contributed by atoms with van der Waals surface area (Å²) in [7, 11) is 1.46. The molecule has 2 fully saturated rings. The predicted molar refractivity (Wildman–Crippen MR) is 58.4 cm³/mol. The van der Waals surface area contributed by atoms with Gasteiger partial charge in [0, 0.05) is 12.6 Å². The van der Waals surface area contributed by atoms with E-state index in [9.17, 15) is 4.79 Å². The van der Waals surface area contributed by atoms with Gasteiger partial charge in [-0.2, -0.15) is 0 Å². The van der Waals surface area contributed by atoms with E-state index in [0.717, 1.165) is 18.4 Å². The zero-order valence-corrected chi connectivity index (χ0v) is 9.66. The first-order valence-corrected chi connectivity index (χ1v) is 6.03. The standard InChI is InChI=1S/C12H21NO2/c1-8(12(14)15-2)7-13-11(9-3-4-9)10-5-6-10/h8-11,13H,3-7H2,1-2H3. The van der Waals surface area contributed by atoms with Crippen LogP contribution in [0.1, 0.15) is 32.6 Å². The first-order valence-electron chi connectivity index (χ1n) is 6.03. The highest BCUT2D eigenvalue weighted by molar-refractivity contribution is 5.72. The number of esters is 1. The van der Waals surface area contributed by atoms with Crippen molar-refractivity contribution in [3.05, 3.63) is 0 Å². The maximum Gasteiger partial charge on any atom is 0.309 e. The summed E-state index contributed by atoms with van der Waals surface area (Å²) in [6, 6.07) is 0.678. The van der Waals surface area contributed by atoms with Gasteiger partial charge in [-0.25, -0.2) is 0 Å². The van der Waals surface area contributed by atoms with Crippen molar-refractivity contribution in [2.75, 3.05) is 13.7 Å². The van der Waals surface area contributed by atoms with Crippen molar-refractivity contribution in [3.63, 3.8) is 0 Å². The average Bonchev–Trinajstić information content (AvgIpc) is 3.07. The van der Waals surface area contributed by atoms with Crippen LogP contribution in [0.2, 0.25) is 0 Å². The zero-order chi connectivity index (χ0) is 10.8. The van der Waals surface area contributed by atoms with Crippen LogP contribution in [0.25, 0.3) is 0 Å². The van der Waals surface area contributed by atoms with Crippen molar-refractivity contribution in [3.8, 4) is 0 Å². The molecule has 1 atom stereocenters. The highest BCUT2D eigenvalue weighted by Gasteiger charge is 2.41. The third-order valence-corrected chi connectivity index (χ3v) is 3.52. The molecular weight excluding hydrogens is 190 g/mol. The fourth-order valence-electron chi connectivity index (χ4n) is 2.23. The molecule has 3 heteroatoms. The fourth-order valence-corrected chi connectivity index (χ4v) is 2.23. The molecule has 2 aliphatic carbocycles. The van der Waals surface area contributed by atoms with Gasteiger partial charge in [0.2, 0.25) is 0 Å². The molecule has 1 N–H and O–H groups in total. The maximum atomic E-state index is 11.2. The first kappa shape index (κ1) is 10.9. The van der Waals surface area contributed by atoms with Crippen molar-refractivity contribution in [1.29, 1.82) is 0 Å². The molecule has 0 radical (unpaired) electrons. The number of carbonyl (C=O) groups excluding carboxylic acids is 1. The molecule has 0 amide bonds. The molecule has 0 aromatic rings. The van der Waals surface area contributed by atoms with Crippen molar-refractivity contribution in [2.24, 2.45) is 17.8 Å². The van der Waals surface area contributed by atoms with E-state index in [2.05, 4.69) is 5.32 Å². The second-order valence-electron chi connectivity index (χ2n) is 5.03. The summed E-state index contributed by atoms with van der Waals surface area (Å²) >= 11 is 0. The third-order valence-electron chi connectivity index (χ3n) is 3.52. The van der Waals surface area contributed by atoms with Gasteiger partial charge in [0.1, 0.15) is 0 Å². The highest BCUT2D eigenvalue weighted by Crippen LogP contribution is 2.44. The number of carbonyl (C=O) groups is 1. The van der Waals surface area contributed by atoms with Crippen LogP contribution in [0.4, 0.5) is 0 Å². The van der Waals surface area contributed by atoms with Gasteiger partial charge in [0.25, 0.3) is 0 Å². The minimum atomic E-state index is -0.104. The number of nitrogens with one attached hydrogen (secondary N) is 1. The largest absolute Gasteiger partial charge is 0.469 e. The Morgan fingerprint density at radius 1 is 1.33 bits per heavy atom. The van der Waals surface area contributed by atoms with E-state index in [1.54, 1.807) is 0 Å². The molecule has 0 saturated heterocycles. The molecule has 0 aromatic carbocycles. The van der Waals surface area contributed by atoms with Crippen molar-refractivity contribution >= 4 is 5.97 Å². The lowest BCUT2D eigenvalue weighted by Crippen LogP contribution is -2.38. The van der Waals surface area contributed by atoms with Crippen LogP contribution >= 0.6 is 0 Å². The molecule has 0 heterocycles. The lowest BCUT2D eigenvalue weighted by atomic mass is 10.1. The quantitative estimate of drug-likeness (QED) is 0.678. The monoisotopic (exact) mass is 211 g/mol. The SMILES string of the molecule is COC(=O)C(C)CNC(C1CC1)C1CC1. The second-order valence-corrected chi connectivity index (χ2v) is 5.03. The molecule has 0 spiro atoms. The molecule has 86 valence electrons. The molecular formula is C12H21NO2. The summed E-state index contributed by atoms with van der Waals surface area (Å²) in [6.07, 6.45) is 5.50. The number of methoxy groups -OCH3 is 1. The van der Waals surface area contributed by atoms with Crippen LogP contribution in [0.5, 0.6) is 0 Å². The Hall–Kier alpha value is -0.570. The van der Waals surface area contributed by atoms with Crippen LogP contribution < -0.4 is 5.32 Å². The minimum absolute atomic E-state index is 0.0185. The summed E-state index contributed by atoms with van der Waals surface area (Å²) < 4.78 is 4.72. The number of rotatable bonds is 6. The van der Waals surface area contributed by atoms with E-state index >= 15 is 0 Å². The smallest absolute Gasteiger partial charge is 0.309 e. The van der Waals surface area contributed by atoms with Crippen molar-refractivity contribution in [1.82, 2.24) is 5.32 Å². The Morgan fingerprint density at radius 3 is 2.27 bits per heavy atom. The van der Waals surface area contributed by atoms with E-state index in [1.165, 1.54) is 32.8 Å². The average molecular weight is 211 g/mol. The summed E-state index contributed by atoms with van der Waals surface area (Å²) in [5.74, 6) is 1.66. The second kappa shape index (κ2) is 4.52. The van der Waals surface area contributed by atoms with Gasteiger partial charge < -0.3 is 10.1 Å². The van der Waals surface area contributed by atoms with Gasteiger partial charge in [-0.05, 0) is 37.5 Å². The van der Waals surface area contributed by atoms with Gasteiger partial charge in [-0.3, -0.25) is 4.79 Å². The van der Waals surface area contributed by atoms with Gasteiger partial charge in [0.15, 0.2) is 0 Å². The summed E-state index contributed by atoms with van der Waals surface area (Å²) in [5.41, 5.74) is 0. The predicted octanol–water partition coefficient (Wildman–Crippen LogP) is 1.57. The Morgan fingerprint density at radius 2 is 1.87 bits per heavy atom. The molecule has 15 heavy (non-hydrogen) atoms. The molecule has 2 saturated carbocycles. The first-order chi connectivity index (χ1) is 7.22. The molecule has 2 aliphatic rings. The number of hydrogen-bond donors (Lipinski definition) is 1. The Kier molecular flexibility index (Phi) is 3.29. The van der Waals surface area contributed by atoms with Crippen LogP contribution in [-0.2, 0) is 9.53 Å². The van der Waals surface area contributed by atoms with E-state index in [4.69, 9.17) is 4.74 Å². The fraction of sp³-hybridized carbons (Fsp3) is 0.917. The van der Waals surface area contributed by atoms with Crippen LogP contribution in [0.15, 0.2) is 0 Å². The normalized spacial score (nSPS) is 22.9. The van der Waals surface area contributed by atoms with Gasteiger partial charge in [-0.15, -0.1) is 0 Å². The minimum Gasteiger partial charge on any atom is -0.469 e. The lowest BCUT2D eigenvalue weighted by molar-refractivity contribution is -0.144. The molecule has 1 unspecified atom stereocenters. The van der Waals surface area contributed by atoms with Crippen LogP contribution in [-0.4, -0.2) is 25.7 Å². The lowest BCUT2D eigenvalue weighted by Gasteiger charge is -2.19. The van der Waals surface area contributed by atoms with Gasteiger partial charge in [0.05, 0.1) is 13.0 Å². The Balaban J connectivity index is 1.72. The molecule has 0 aromatic heterocycles. The molecule has 2 rings (SSSR count). The summed E-state index contributed by atoms with van der Waals surface area (Å²) in [6.45, 7) is 2.69. The van der Waals surface area contributed by atoms with E-state index in [0.29, 0.717) is 6.04 Å². The van der Waals surface area contributed by atoms with Gasteiger partial charge >= 0.3 is 5.97 Å². The van der Waals surface area contributed by atoms with Crippen LogP contribution in [0, 0.1) is 17.8 Å².